The molecule has 2 aromatic rings. The highest BCUT2D eigenvalue weighted by atomic mass is 32.2. The van der Waals surface area contributed by atoms with Gasteiger partial charge < -0.3 is 14.6 Å². The molecule has 1 fully saturated rings. The number of sulfonamides is 1. The molecule has 4 rings (SSSR count). The van der Waals surface area contributed by atoms with Crippen LogP contribution in [0.4, 0.5) is 4.39 Å². The molecule has 0 unspecified atom stereocenters. The third kappa shape index (κ3) is 3.32. The van der Waals surface area contributed by atoms with Crippen LogP contribution in [0.2, 0.25) is 0 Å². The number of benzene rings is 1. The highest BCUT2D eigenvalue weighted by Crippen LogP contribution is 2.31. The van der Waals surface area contributed by atoms with E-state index in [1.165, 1.54) is 23.5 Å². The number of aromatic nitrogens is 3. The summed E-state index contributed by atoms with van der Waals surface area (Å²) in [4.78, 5) is 0.0464. The Bertz CT molecular complexity index is 938. The van der Waals surface area contributed by atoms with Crippen molar-refractivity contribution in [2.75, 3.05) is 26.7 Å². The maximum Gasteiger partial charge on any atom is 0.243 e. The van der Waals surface area contributed by atoms with Gasteiger partial charge in [-0.25, -0.2) is 12.8 Å². The van der Waals surface area contributed by atoms with Crippen molar-refractivity contribution in [3.63, 3.8) is 0 Å². The number of methoxy groups -OCH3 is 1. The van der Waals surface area contributed by atoms with Crippen LogP contribution in [-0.2, 0) is 23.1 Å². The fourth-order valence-corrected chi connectivity index (χ4v) is 5.21. The summed E-state index contributed by atoms with van der Waals surface area (Å²) >= 11 is 0. The molecule has 2 aliphatic heterocycles. The van der Waals surface area contributed by atoms with Gasteiger partial charge in [0.15, 0.2) is 11.6 Å². The molecule has 0 bridgehead atoms. The van der Waals surface area contributed by atoms with Crippen LogP contribution in [0.25, 0.3) is 0 Å². The number of piperidine rings is 1. The van der Waals surface area contributed by atoms with E-state index in [2.05, 4.69) is 20.1 Å². The van der Waals surface area contributed by atoms with E-state index < -0.39 is 15.8 Å². The molecule has 0 radical (unpaired) electrons. The van der Waals surface area contributed by atoms with E-state index in [-0.39, 0.29) is 16.6 Å². The zero-order chi connectivity index (χ0) is 19.0. The van der Waals surface area contributed by atoms with E-state index in [0.717, 1.165) is 30.8 Å². The van der Waals surface area contributed by atoms with Gasteiger partial charge in [0.2, 0.25) is 10.0 Å². The van der Waals surface area contributed by atoms with Crippen molar-refractivity contribution in [1.82, 2.24) is 24.4 Å². The van der Waals surface area contributed by atoms with Crippen LogP contribution < -0.4 is 10.1 Å². The average Bonchev–Trinajstić information content (AvgIpc) is 3.12. The van der Waals surface area contributed by atoms with Crippen LogP contribution in [0.1, 0.15) is 30.4 Å². The first-order chi connectivity index (χ1) is 13.0. The lowest BCUT2D eigenvalue weighted by molar-refractivity contribution is 0.306. The predicted molar refractivity (Wildman–Crippen MR) is 95.4 cm³/mol. The number of fused-ring (bicyclic) bond motifs is 1. The highest BCUT2D eigenvalue weighted by molar-refractivity contribution is 7.89. The number of rotatable bonds is 4. The molecule has 0 spiro atoms. The number of halogens is 1. The normalized spacial score (nSPS) is 19.0. The molecular formula is C17H22FN5O3S. The molecule has 27 heavy (non-hydrogen) atoms. The average molecular weight is 395 g/mol. The van der Waals surface area contributed by atoms with E-state index in [9.17, 15) is 12.8 Å². The molecule has 2 aliphatic rings. The number of nitrogens with one attached hydrogen (secondary N) is 1. The van der Waals surface area contributed by atoms with Crippen LogP contribution in [0.15, 0.2) is 23.1 Å². The quantitative estimate of drug-likeness (QED) is 0.834. The first-order valence-corrected chi connectivity index (χ1v) is 10.4. The van der Waals surface area contributed by atoms with E-state index in [0.29, 0.717) is 32.5 Å². The maximum atomic E-state index is 13.6. The summed E-state index contributed by atoms with van der Waals surface area (Å²) in [5.74, 6) is 1.42. The summed E-state index contributed by atoms with van der Waals surface area (Å²) in [5.41, 5.74) is 0. The van der Waals surface area contributed by atoms with E-state index in [1.54, 1.807) is 0 Å². The lowest BCUT2D eigenvalue weighted by atomic mass is 9.97. The van der Waals surface area contributed by atoms with Crippen molar-refractivity contribution < 1.29 is 17.5 Å². The molecule has 0 amide bonds. The zero-order valence-corrected chi connectivity index (χ0v) is 15.9. The second-order valence-corrected chi connectivity index (χ2v) is 8.72. The summed E-state index contributed by atoms with van der Waals surface area (Å²) in [7, 11) is -2.37. The monoisotopic (exact) mass is 395 g/mol. The molecule has 1 N–H and O–H groups in total. The van der Waals surface area contributed by atoms with Gasteiger partial charge in [-0.1, -0.05) is 0 Å². The molecule has 10 heteroatoms. The molecule has 8 nitrogen and oxygen atoms in total. The van der Waals surface area contributed by atoms with Crippen molar-refractivity contribution in [2.24, 2.45) is 0 Å². The summed E-state index contributed by atoms with van der Waals surface area (Å²) in [5, 5.41) is 11.9. The second-order valence-electron chi connectivity index (χ2n) is 6.78. The predicted octanol–water partition coefficient (Wildman–Crippen LogP) is 1.10. The number of hydrogen-bond donors (Lipinski definition) is 1. The van der Waals surface area contributed by atoms with Gasteiger partial charge in [-0.3, -0.25) is 0 Å². The first-order valence-electron chi connectivity index (χ1n) is 8.97. The lowest BCUT2D eigenvalue weighted by Gasteiger charge is -2.31. The zero-order valence-electron chi connectivity index (χ0n) is 15.1. The molecular weight excluding hydrogens is 373 g/mol. The van der Waals surface area contributed by atoms with Crippen molar-refractivity contribution in [1.29, 1.82) is 0 Å². The minimum atomic E-state index is -3.69. The first kappa shape index (κ1) is 18.3. The van der Waals surface area contributed by atoms with Crippen LogP contribution in [0.3, 0.4) is 0 Å². The number of hydrogen-bond acceptors (Lipinski definition) is 6. The maximum absolute atomic E-state index is 13.6. The van der Waals surface area contributed by atoms with Crippen molar-refractivity contribution >= 4 is 10.0 Å². The van der Waals surface area contributed by atoms with E-state index in [4.69, 9.17) is 4.74 Å². The standard InChI is InChI=1S/C17H22FN5O3S/c1-26-15-10-13(2-3-14(15)18)27(24,25)22-7-4-12(5-8-22)17-21-20-16-11-19-6-9-23(16)17/h2-3,10,12,19H,4-9,11H2,1H3. The smallest absolute Gasteiger partial charge is 0.243 e. The van der Waals surface area contributed by atoms with Gasteiger partial charge in [-0.05, 0) is 25.0 Å². The van der Waals surface area contributed by atoms with Gasteiger partial charge in [0.1, 0.15) is 11.6 Å². The topological polar surface area (TPSA) is 89.4 Å². The SMILES string of the molecule is COc1cc(S(=O)(=O)N2CCC(c3nnc4n3CCNC4)CC2)ccc1F. The Balaban J connectivity index is 1.49. The summed E-state index contributed by atoms with van der Waals surface area (Å²) in [6.45, 7) is 3.23. The van der Waals surface area contributed by atoms with Gasteiger partial charge in [-0.2, -0.15) is 4.31 Å². The van der Waals surface area contributed by atoms with Crippen molar-refractivity contribution in [3.8, 4) is 5.75 Å². The largest absolute Gasteiger partial charge is 0.494 e. The van der Waals surface area contributed by atoms with Crippen LogP contribution in [0, 0.1) is 5.82 Å². The molecule has 1 saturated heterocycles. The summed E-state index contributed by atoms with van der Waals surface area (Å²) in [6, 6.07) is 3.63. The Hall–Kier alpha value is -2.04. The molecule has 3 heterocycles. The van der Waals surface area contributed by atoms with Gasteiger partial charge in [-0.15, -0.1) is 10.2 Å². The minimum Gasteiger partial charge on any atom is -0.494 e. The van der Waals surface area contributed by atoms with E-state index >= 15 is 0 Å². The van der Waals surface area contributed by atoms with Crippen LogP contribution >= 0.6 is 0 Å². The Labute approximate surface area is 157 Å². The van der Waals surface area contributed by atoms with E-state index in [1.807, 2.05) is 0 Å². The lowest BCUT2D eigenvalue weighted by Crippen LogP contribution is -2.38. The van der Waals surface area contributed by atoms with Gasteiger partial charge >= 0.3 is 0 Å². The Morgan fingerprint density at radius 1 is 1.22 bits per heavy atom. The van der Waals surface area contributed by atoms with Crippen LogP contribution in [-0.4, -0.2) is 54.2 Å². The van der Waals surface area contributed by atoms with Gasteiger partial charge in [0.05, 0.1) is 18.6 Å². The Morgan fingerprint density at radius 3 is 2.74 bits per heavy atom. The minimum absolute atomic E-state index is 0.0464. The Morgan fingerprint density at radius 2 is 2.00 bits per heavy atom. The number of ether oxygens (including phenoxy) is 1. The summed E-state index contributed by atoms with van der Waals surface area (Å²) < 4.78 is 47.9. The molecule has 0 saturated carbocycles. The van der Waals surface area contributed by atoms with Crippen molar-refractivity contribution in [3.05, 3.63) is 35.7 Å². The Kier molecular flexibility index (Phi) is 4.87. The highest BCUT2D eigenvalue weighted by Gasteiger charge is 2.33. The fraction of sp³-hybridized carbons (Fsp3) is 0.529. The third-order valence-electron chi connectivity index (χ3n) is 5.23. The molecule has 0 atom stereocenters. The fourth-order valence-electron chi connectivity index (χ4n) is 3.72. The molecule has 146 valence electrons. The number of nitrogens with zero attached hydrogens (tertiary/aromatic N) is 4. The van der Waals surface area contributed by atoms with Gasteiger partial charge in [0.25, 0.3) is 0 Å². The van der Waals surface area contributed by atoms with Crippen LogP contribution in [0.5, 0.6) is 5.75 Å². The van der Waals surface area contributed by atoms with Gasteiger partial charge in [0, 0.05) is 38.2 Å². The third-order valence-corrected chi connectivity index (χ3v) is 7.13. The molecule has 1 aromatic heterocycles. The molecule has 1 aromatic carbocycles. The summed E-state index contributed by atoms with van der Waals surface area (Å²) in [6.07, 6.45) is 1.37. The molecule has 0 aliphatic carbocycles. The second kappa shape index (κ2) is 7.17. The van der Waals surface area contributed by atoms with Crippen molar-refractivity contribution in [2.45, 2.75) is 36.7 Å².